The number of amides is 1. The molecule has 0 aliphatic carbocycles. The van der Waals surface area contributed by atoms with E-state index in [-0.39, 0.29) is 11.9 Å². The Bertz CT molecular complexity index is 629. The van der Waals surface area contributed by atoms with Crippen molar-refractivity contribution < 1.29 is 4.79 Å². The molecule has 0 aromatic carbocycles. The molecule has 1 aliphatic heterocycles. The van der Waals surface area contributed by atoms with E-state index in [0.29, 0.717) is 5.69 Å². The summed E-state index contributed by atoms with van der Waals surface area (Å²) in [7, 11) is 0. The van der Waals surface area contributed by atoms with E-state index in [2.05, 4.69) is 25.2 Å². The maximum absolute atomic E-state index is 12.2. The molecule has 1 atom stereocenters. The van der Waals surface area contributed by atoms with Crippen LogP contribution in [-0.2, 0) is 0 Å². The van der Waals surface area contributed by atoms with Crippen LogP contribution in [0.15, 0.2) is 36.8 Å². The zero-order chi connectivity index (χ0) is 15.4. The molecule has 0 bridgehead atoms. The van der Waals surface area contributed by atoms with E-state index in [1.54, 1.807) is 12.4 Å². The van der Waals surface area contributed by atoms with Gasteiger partial charge < -0.3 is 10.2 Å². The lowest BCUT2D eigenvalue weighted by Gasteiger charge is -2.33. The van der Waals surface area contributed by atoms with E-state index >= 15 is 0 Å². The van der Waals surface area contributed by atoms with Gasteiger partial charge in [0, 0.05) is 31.5 Å². The highest BCUT2D eigenvalue weighted by atomic mass is 16.2. The van der Waals surface area contributed by atoms with Crippen molar-refractivity contribution in [3.05, 3.63) is 48.2 Å². The van der Waals surface area contributed by atoms with Crippen LogP contribution in [0.25, 0.3) is 0 Å². The molecule has 1 aliphatic rings. The van der Waals surface area contributed by atoms with Crippen LogP contribution in [0.1, 0.15) is 29.0 Å². The molecule has 0 radical (unpaired) electrons. The number of anilines is 1. The Hall–Kier alpha value is -2.50. The molecule has 3 rings (SSSR count). The third-order valence-electron chi connectivity index (χ3n) is 3.74. The molecule has 0 unspecified atom stereocenters. The summed E-state index contributed by atoms with van der Waals surface area (Å²) in [6.45, 7) is 3.58. The Labute approximate surface area is 129 Å². The molecule has 1 N–H and O–H groups in total. The number of piperidine rings is 1. The van der Waals surface area contributed by atoms with Crippen LogP contribution in [-0.4, -0.2) is 40.0 Å². The molecule has 114 valence electrons. The summed E-state index contributed by atoms with van der Waals surface area (Å²) in [6.07, 6.45) is 6.91. The van der Waals surface area contributed by atoms with Crippen LogP contribution in [0.4, 0.5) is 5.82 Å². The Morgan fingerprint density at radius 1 is 1.27 bits per heavy atom. The van der Waals surface area contributed by atoms with Gasteiger partial charge in [-0.25, -0.2) is 9.97 Å². The highest BCUT2D eigenvalue weighted by Gasteiger charge is 2.23. The largest absolute Gasteiger partial charge is 0.355 e. The molecular weight excluding hydrogens is 278 g/mol. The molecule has 22 heavy (non-hydrogen) atoms. The van der Waals surface area contributed by atoms with E-state index in [1.807, 2.05) is 25.1 Å². The fourth-order valence-electron chi connectivity index (χ4n) is 2.61. The second-order valence-electron chi connectivity index (χ2n) is 5.49. The number of hydrogen-bond acceptors (Lipinski definition) is 5. The number of carbonyl (C=O) groups excluding carboxylic acids is 1. The molecule has 1 amide bonds. The van der Waals surface area contributed by atoms with Gasteiger partial charge in [-0.2, -0.15) is 0 Å². The fraction of sp³-hybridized carbons (Fsp3) is 0.375. The van der Waals surface area contributed by atoms with E-state index in [0.717, 1.165) is 37.4 Å². The minimum atomic E-state index is -0.166. The van der Waals surface area contributed by atoms with Crippen LogP contribution in [0, 0.1) is 6.92 Å². The summed E-state index contributed by atoms with van der Waals surface area (Å²) in [5, 5.41) is 3.04. The molecule has 0 spiro atoms. The van der Waals surface area contributed by atoms with Gasteiger partial charge in [0.15, 0.2) is 0 Å². The Morgan fingerprint density at radius 3 is 2.91 bits per heavy atom. The van der Waals surface area contributed by atoms with Crippen molar-refractivity contribution in [1.82, 2.24) is 20.3 Å². The summed E-state index contributed by atoms with van der Waals surface area (Å²) < 4.78 is 0. The van der Waals surface area contributed by atoms with Gasteiger partial charge in [-0.15, -0.1) is 0 Å². The van der Waals surface area contributed by atoms with Gasteiger partial charge in [-0.3, -0.25) is 9.78 Å². The molecule has 6 nitrogen and oxygen atoms in total. The monoisotopic (exact) mass is 297 g/mol. The summed E-state index contributed by atoms with van der Waals surface area (Å²) in [5.74, 6) is 0.789. The predicted octanol–water partition coefficient (Wildman–Crippen LogP) is 1.58. The van der Waals surface area contributed by atoms with Crippen molar-refractivity contribution in [3.8, 4) is 0 Å². The van der Waals surface area contributed by atoms with E-state index in [9.17, 15) is 4.79 Å². The Balaban J connectivity index is 1.63. The minimum Gasteiger partial charge on any atom is -0.355 e. The molecule has 0 saturated carbocycles. The number of aryl methyl sites for hydroxylation is 1. The number of hydrogen-bond donors (Lipinski definition) is 1. The number of nitrogens with one attached hydrogen (secondary N) is 1. The molecular formula is C16H19N5O. The van der Waals surface area contributed by atoms with Gasteiger partial charge in [-0.1, -0.05) is 6.07 Å². The highest BCUT2D eigenvalue weighted by molar-refractivity contribution is 5.92. The average molecular weight is 297 g/mol. The molecule has 3 heterocycles. The molecule has 2 aromatic heterocycles. The van der Waals surface area contributed by atoms with Crippen LogP contribution in [0.2, 0.25) is 0 Å². The highest BCUT2D eigenvalue weighted by Crippen LogP contribution is 2.17. The van der Waals surface area contributed by atoms with E-state index in [1.165, 1.54) is 6.20 Å². The van der Waals surface area contributed by atoms with Crippen LogP contribution in [0.5, 0.6) is 0 Å². The topological polar surface area (TPSA) is 71.0 Å². The fourth-order valence-corrected chi connectivity index (χ4v) is 2.61. The van der Waals surface area contributed by atoms with Gasteiger partial charge in [0.1, 0.15) is 11.5 Å². The van der Waals surface area contributed by atoms with Crippen molar-refractivity contribution in [2.75, 3.05) is 18.0 Å². The Kier molecular flexibility index (Phi) is 4.27. The maximum atomic E-state index is 12.2. The van der Waals surface area contributed by atoms with Gasteiger partial charge in [0.2, 0.25) is 0 Å². The minimum absolute atomic E-state index is 0.103. The number of nitrogens with zero attached hydrogens (tertiary/aromatic N) is 4. The number of pyridine rings is 1. The third kappa shape index (κ3) is 3.39. The van der Waals surface area contributed by atoms with Crippen LogP contribution in [0.3, 0.4) is 0 Å². The van der Waals surface area contributed by atoms with Crippen molar-refractivity contribution >= 4 is 11.7 Å². The molecule has 2 aromatic rings. The standard InChI is InChI=1S/C16H19N5O/c1-12-9-19-14(10-18-12)16(22)20-13-5-4-8-21(11-13)15-6-2-3-7-17-15/h2-3,6-7,9-10,13H,4-5,8,11H2,1H3,(H,20,22)/t13-/m0/s1. The number of carbonyl (C=O) groups is 1. The van der Waals surface area contributed by atoms with Gasteiger partial charge >= 0.3 is 0 Å². The van der Waals surface area contributed by atoms with Crippen molar-refractivity contribution in [3.63, 3.8) is 0 Å². The second-order valence-corrected chi connectivity index (χ2v) is 5.49. The quantitative estimate of drug-likeness (QED) is 0.931. The van der Waals surface area contributed by atoms with Gasteiger partial charge in [0.05, 0.1) is 11.9 Å². The summed E-state index contributed by atoms with van der Waals surface area (Å²) in [6, 6.07) is 5.98. The lowest BCUT2D eigenvalue weighted by atomic mass is 10.1. The second kappa shape index (κ2) is 6.51. The van der Waals surface area contributed by atoms with E-state index in [4.69, 9.17) is 0 Å². The van der Waals surface area contributed by atoms with Gasteiger partial charge in [-0.05, 0) is 31.9 Å². The molecule has 1 saturated heterocycles. The first-order valence-corrected chi connectivity index (χ1v) is 7.48. The van der Waals surface area contributed by atoms with Crippen LogP contribution < -0.4 is 10.2 Å². The van der Waals surface area contributed by atoms with Crippen molar-refractivity contribution in [2.24, 2.45) is 0 Å². The van der Waals surface area contributed by atoms with Gasteiger partial charge in [0.25, 0.3) is 5.91 Å². The molecule has 1 fully saturated rings. The van der Waals surface area contributed by atoms with Crippen molar-refractivity contribution in [1.29, 1.82) is 0 Å². The van der Waals surface area contributed by atoms with Crippen molar-refractivity contribution in [2.45, 2.75) is 25.8 Å². The SMILES string of the molecule is Cc1cnc(C(=O)N[C@H]2CCCN(c3ccccn3)C2)cn1. The first-order chi connectivity index (χ1) is 10.7. The summed E-state index contributed by atoms with van der Waals surface area (Å²) in [5.41, 5.74) is 1.16. The molecule has 6 heteroatoms. The first-order valence-electron chi connectivity index (χ1n) is 7.48. The average Bonchev–Trinajstić information content (AvgIpc) is 2.56. The first kappa shape index (κ1) is 14.4. The maximum Gasteiger partial charge on any atom is 0.271 e. The third-order valence-corrected chi connectivity index (χ3v) is 3.74. The predicted molar refractivity (Wildman–Crippen MR) is 83.7 cm³/mol. The smallest absolute Gasteiger partial charge is 0.271 e. The number of aromatic nitrogens is 3. The van der Waals surface area contributed by atoms with Crippen LogP contribution >= 0.6 is 0 Å². The Morgan fingerprint density at radius 2 is 2.18 bits per heavy atom. The zero-order valence-electron chi connectivity index (χ0n) is 12.6. The summed E-state index contributed by atoms with van der Waals surface area (Å²) in [4.78, 5) is 27.0. The zero-order valence-corrected chi connectivity index (χ0v) is 12.6. The van der Waals surface area contributed by atoms with E-state index < -0.39 is 0 Å². The normalized spacial score (nSPS) is 18.0. The lowest BCUT2D eigenvalue weighted by Crippen LogP contribution is -2.48. The summed E-state index contributed by atoms with van der Waals surface area (Å²) >= 11 is 0. The number of rotatable bonds is 3. The lowest BCUT2D eigenvalue weighted by molar-refractivity contribution is 0.0927.